The summed E-state index contributed by atoms with van der Waals surface area (Å²) in [7, 11) is 0. The Morgan fingerprint density at radius 1 is 0.275 bits per heavy atom. The summed E-state index contributed by atoms with van der Waals surface area (Å²) < 4.78 is 8.78. The van der Waals surface area contributed by atoms with Gasteiger partial charge in [0.15, 0.2) is 0 Å². The van der Waals surface area contributed by atoms with Gasteiger partial charge in [0.25, 0.3) is 0 Å². The van der Waals surface area contributed by atoms with Crippen LogP contribution in [0.3, 0.4) is 0 Å². The molecule has 69 heavy (non-hydrogen) atoms. The molecule has 324 valence electrons. The number of hydrogen-bond donors (Lipinski definition) is 0. The molecular formula is C66H44N2O. The Labute approximate surface area is 401 Å². The van der Waals surface area contributed by atoms with Gasteiger partial charge in [0.2, 0.25) is 0 Å². The Morgan fingerprint density at radius 2 is 0.710 bits per heavy atom. The number of rotatable bonds is 9. The van der Waals surface area contributed by atoms with Crippen molar-refractivity contribution in [3.63, 3.8) is 0 Å². The SMILES string of the molecule is c1ccc(-c2cccc(N(c3ccc(-c4ccc(-c5ccccc5-n5c6ccccc6c6ccccc65)cc4)cc3)c3ccc(-c4ccc(-c5cccc6c5oc5ccccc56)cc4)cc3)c2)cc1. The molecule has 0 aliphatic rings. The summed E-state index contributed by atoms with van der Waals surface area (Å²) in [6.45, 7) is 0. The third-order valence-electron chi connectivity index (χ3n) is 13.7. The van der Waals surface area contributed by atoms with Gasteiger partial charge < -0.3 is 13.9 Å². The Kier molecular flexibility index (Phi) is 9.84. The van der Waals surface area contributed by atoms with Crippen molar-refractivity contribution < 1.29 is 4.42 Å². The van der Waals surface area contributed by atoms with Gasteiger partial charge >= 0.3 is 0 Å². The lowest BCUT2D eigenvalue weighted by Crippen LogP contribution is -2.10. The number of hydrogen-bond acceptors (Lipinski definition) is 2. The fraction of sp³-hybridized carbons (Fsp3) is 0. The molecule has 0 aliphatic carbocycles. The molecule has 0 unspecified atom stereocenters. The molecule has 0 saturated carbocycles. The van der Waals surface area contributed by atoms with Crippen LogP contribution in [-0.4, -0.2) is 4.57 Å². The van der Waals surface area contributed by atoms with E-state index in [1.54, 1.807) is 0 Å². The standard InChI is InChI=1S/C66H44N2O/c1-2-14-45(15-3-1)52-16-12-17-55(44-52)67(54-42-38-49(39-43-54)47-30-34-51(35-31-47)57-22-13-23-61-60-21-7-11-27-65(60)69-66(57)61)53-40-36-48(37-41-53)46-28-32-50(33-29-46)56-18-4-8-24-62(56)68-63-25-9-5-19-58(63)59-20-6-10-26-64(59)68/h1-44H. The molecule has 3 heteroatoms. The minimum Gasteiger partial charge on any atom is -0.455 e. The van der Waals surface area contributed by atoms with Crippen LogP contribution in [0.2, 0.25) is 0 Å². The van der Waals surface area contributed by atoms with Gasteiger partial charge in [0.1, 0.15) is 11.2 Å². The predicted octanol–water partition coefficient (Wildman–Crippen LogP) is 18.5. The van der Waals surface area contributed by atoms with E-state index < -0.39 is 0 Å². The van der Waals surface area contributed by atoms with Crippen LogP contribution in [-0.2, 0) is 0 Å². The van der Waals surface area contributed by atoms with E-state index in [1.165, 1.54) is 55.3 Å². The minimum atomic E-state index is 0.911. The van der Waals surface area contributed by atoms with E-state index in [9.17, 15) is 0 Å². The quantitative estimate of drug-likeness (QED) is 0.144. The zero-order chi connectivity index (χ0) is 45.7. The third-order valence-corrected chi connectivity index (χ3v) is 13.7. The highest BCUT2D eigenvalue weighted by Gasteiger charge is 2.18. The van der Waals surface area contributed by atoms with Crippen molar-refractivity contribution in [1.29, 1.82) is 0 Å². The van der Waals surface area contributed by atoms with Crippen molar-refractivity contribution in [3.05, 3.63) is 267 Å². The van der Waals surface area contributed by atoms with Gasteiger partial charge in [-0.2, -0.15) is 0 Å². The first-order valence-corrected chi connectivity index (χ1v) is 23.6. The molecule has 3 nitrogen and oxygen atoms in total. The monoisotopic (exact) mass is 880 g/mol. The Hall–Kier alpha value is -9.18. The van der Waals surface area contributed by atoms with E-state index in [2.05, 4.69) is 264 Å². The van der Waals surface area contributed by atoms with Crippen molar-refractivity contribution in [2.75, 3.05) is 4.90 Å². The number of furan rings is 1. The Morgan fingerprint density at radius 3 is 1.35 bits per heavy atom. The number of aromatic nitrogens is 1. The first-order valence-electron chi connectivity index (χ1n) is 23.6. The molecule has 0 amide bonds. The molecule has 2 aromatic heterocycles. The van der Waals surface area contributed by atoms with Crippen LogP contribution >= 0.6 is 0 Å². The topological polar surface area (TPSA) is 21.3 Å². The molecule has 0 N–H and O–H groups in total. The molecule has 13 rings (SSSR count). The molecule has 13 aromatic rings. The van der Waals surface area contributed by atoms with Gasteiger partial charge in [-0.25, -0.2) is 0 Å². The molecular weight excluding hydrogens is 837 g/mol. The van der Waals surface area contributed by atoms with Crippen LogP contribution in [0.15, 0.2) is 271 Å². The smallest absolute Gasteiger partial charge is 0.143 e. The molecule has 0 spiro atoms. The highest BCUT2D eigenvalue weighted by molar-refractivity contribution is 6.10. The summed E-state index contributed by atoms with van der Waals surface area (Å²) in [5, 5.41) is 4.80. The summed E-state index contributed by atoms with van der Waals surface area (Å²) in [6, 6.07) is 96.0. The summed E-state index contributed by atoms with van der Waals surface area (Å²) in [5.41, 5.74) is 20.3. The Balaban J connectivity index is 0.815. The summed E-state index contributed by atoms with van der Waals surface area (Å²) >= 11 is 0. The second-order valence-electron chi connectivity index (χ2n) is 17.7. The van der Waals surface area contributed by atoms with Crippen LogP contribution in [0.5, 0.6) is 0 Å². The lowest BCUT2D eigenvalue weighted by molar-refractivity contribution is 0.670. The first-order chi connectivity index (χ1) is 34.2. The van der Waals surface area contributed by atoms with Crippen LogP contribution in [0, 0.1) is 0 Å². The van der Waals surface area contributed by atoms with Gasteiger partial charge in [-0.15, -0.1) is 0 Å². The summed E-state index contributed by atoms with van der Waals surface area (Å²) in [4.78, 5) is 2.35. The molecule has 0 atom stereocenters. The third kappa shape index (κ3) is 7.16. The van der Waals surface area contributed by atoms with Gasteiger partial charge in [0, 0.05) is 49.7 Å². The van der Waals surface area contributed by atoms with Crippen LogP contribution in [0.25, 0.3) is 105 Å². The highest BCUT2D eigenvalue weighted by Crippen LogP contribution is 2.41. The normalized spacial score (nSPS) is 11.5. The summed E-state index contributed by atoms with van der Waals surface area (Å²) in [6.07, 6.45) is 0. The molecule has 0 bridgehead atoms. The van der Waals surface area contributed by atoms with Crippen LogP contribution < -0.4 is 4.90 Å². The average molecular weight is 881 g/mol. The van der Waals surface area contributed by atoms with Crippen molar-refractivity contribution in [3.8, 4) is 61.3 Å². The zero-order valence-corrected chi connectivity index (χ0v) is 37.7. The molecule has 0 fully saturated rings. The average Bonchev–Trinajstić information content (AvgIpc) is 3.98. The first kappa shape index (κ1) is 40.1. The number of benzene rings is 11. The Bertz CT molecular complexity index is 3920. The highest BCUT2D eigenvalue weighted by atomic mass is 16.3. The largest absolute Gasteiger partial charge is 0.455 e. The van der Waals surface area contributed by atoms with Gasteiger partial charge in [-0.05, 0) is 105 Å². The number of para-hydroxylation sites is 5. The van der Waals surface area contributed by atoms with Gasteiger partial charge in [0.05, 0.1) is 16.7 Å². The van der Waals surface area contributed by atoms with Crippen molar-refractivity contribution in [1.82, 2.24) is 4.57 Å². The van der Waals surface area contributed by atoms with Crippen molar-refractivity contribution >= 4 is 60.8 Å². The predicted molar refractivity (Wildman–Crippen MR) is 290 cm³/mol. The molecule has 2 heterocycles. The van der Waals surface area contributed by atoms with E-state index in [-0.39, 0.29) is 0 Å². The summed E-state index contributed by atoms with van der Waals surface area (Å²) in [5.74, 6) is 0. The minimum absolute atomic E-state index is 0.911. The van der Waals surface area contributed by atoms with Gasteiger partial charge in [-0.1, -0.05) is 206 Å². The van der Waals surface area contributed by atoms with Crippen molar-refractivity contribution in [2.45, 2.75) is 0 Å². The van der Waals surface area contributed by atoms with E-state index >= 15 is 0 Å². The number of nitrogens with zero attached hydrogens (tertiary/aromatic N) is 2. The van der Waals surface area contributed by atoms with E-state index in [4.69, 9.17) is 4.42 Å². The maximum absolute atomic E-state index is 6.37. The zero-order valence-electron chi connectivity index (χ0n) is 37.7. The number of anilines is 3. The molecule has 0 saturated heterocycles. The fourth-order valence-corrected chi connectivity index (χ4v) is 10.3. The molecule has 0 radical (unpaired) electrons. The maximum atomic E-state index is 6.37. The second kappa shape index (κ2) is 16.9. The number of fused-ring (bicyclic) bond motifs is 6. The van der Waals surface area contributed by atoms with Crippen LogP contribution in [0.1, 0.15) is 0 Å². The van der Waals surface area contributed by atoms with Crippen molar-refractivity contribution in [2.24, 2.45) is 0 Å². The maximum Gasteiger partial charge on any atom is 0.143 e. The lowest BCUT2D eigenvalue weighted by Gasteiger charge is -2.26. The van der Waals surface area contributed by atoms with E-state index in [1.807, 2.05) is 12.1 Å². The van der Waals surface area contributed by atoms with Crippen LogP contribution in [0.4, 0.5) is 17.1 Å². The van der Waals surface area contributed by atoms with Gasteiger partial charge in [-0.3, -0.25) is 0 Å². The second-order valence-corrected chi connectivity index (χ2v) is 17.7. The van der Waals surface area contributed by atoms with E-state index in [0.717, 1.165) is 66.8 Å². The molecule has 11 aromatic carbocycles. The molecule has 0 aliphatic heterocycles. The van der Waals surface area contributed by atoms with E-state index in [0.29, 0.717) is 0 Å². The fourth-order valence-electron chi connectivity index (χ4n) is 10.3. The lowest BCUT2D eigenvalue weighted by atomic mass is 9.98.